The summed E-state index contributed by atoms with van der Waals surface area (Å²) < 4.78 is 16.2. The lowest BCUT2D eigenvalue weighted by Gasteiger charge is -2.53. The number of hydrogen-bond acceptors (Lipinski definition) is 6. The molecule has 1 saturated carbocycles. The molecule has 0 bridgehead atoms. The highest BCUT2D eigenvalue weighted by atomic mass is 16.5. The summed E-state index contributed by atoms with van der Waals surface area (Å²) in [5, 5.41) is 13.5. The number of carbonyl (C=O) groups excluding carboxylic acids is 2. The van der Waals surface area contributed by atoms with Crippen LogP contribution in [0.25, 0.3) is 0 Å². The van der Waals surface area contributed by atoms with E-state index in [9.17, 15) is 14.7 Å². The number of para-hydroxylation sites is 1. The Balaban J connectivity index is 1.11. The smallest absolute Gasteiger partial charge is 0.255 e. The van der Waals surface area contributed by atoms with Crippen molar-refractivity contribution < 1.29 is 28.9 Å². The average molecular weight is 517 g/mol. The van der Waals surface area contributed by atoms with E-state index in [0.29, 0.717) is 17.1 Å². The van der Waals surface area contributed by atoms with Crippen molar-refractivity contribution in [1.82, 2.24) is 10.2 Å². The van der Waals surface area contributed by atoms with Crippen LogP contribution in [-0.2, 0) is 0 Å². The normalized spacial score (nSPS) is 16.4. The first-order chi connectivity index (χ1) is 18.4. The number of hydrogen-bond donors (Lipinski definition) is 2. The van der Waals surface area contributed by atoms with Crippen LogP contribution in [0.3, 0.4) is 0 Å². The Bertz CT molecular complexity index is 1290. The topological polar surface area (TPSA) is 97.3 Å². The molecule has 0 aromatic heterocycles. The van der Waals surface area contributed by atoms with Crippen LogP contribution < -0.4 is 19.5 Å². The Morgan fingerprint density at radius 3 is 2.18 bits per heavy atom. The van der Waals surface area contributed by atoms with Gasteiger partial charge in [0.15, 0.2) is 11.5 Å². The second-order valence-corrected chi connectivity index (χ2v) is 10.0. The van der Waals surface area contributed by atoms with Gasteiger partial charge in [0.25, 0.3) is 11.8 Å². The van der Waals surface area contributed by atoms with Crippen LogP contribution in [0.5, 0.6) is 28.7 Å². The number of benzene rings is 3. The van der Waals surface area contributed by atoms with Crippen molar-refractivity contribution in [3.63, 3.8) is 0 Å². The molecular formula is C30H32N2O6. The molecule has 3 aromatic rings. The van der Waals surface area contributed by atoms with E-state index in [0.717, 1.165) is 44.5 Å². The predicted octanol–water partition coefficient (Wildman–Crippen LogP) is 5.02. The summed E-state index contributed by atoms with van der Waals surface area (Å²) in [5.41, 5.74) is 0.915. The van der Waals surface area contributed by atoms with Crippen LogP contribution in [0.2, 0.25) is 0 Å². The van der Waals surface area contributed by atoms with Crippen molar-refractivity contribution in [2.75, 3.05) is 27.3 Å². The quantitative estimate of drug-likeness (QED) is 0.458. The van der Waals surface area contributed by atoms with Gasteiger partial charge in [-0.25, -0.2) is 0 Å². The Morgan fingerprint density at radius 2 is 1.55 bits per heavy atom. The van der Waals surface area contributed by atoms with E-state index in [1.807, 2.05) is 59.5 Å². The number of carbonyl (C=O) groups is 2. The third-order valence-corrected chi connectivity index (χ3v) is 7.57. The predicted molar refractivity (Wildman–Crippen MR) is 142 cm³/mol. The molecule has 3 aromatic carbocycles. The summed E-state index contributed by atoms with van der Waals surface area (Å²) >= 11 is 0. The van der Waals surface area contributed by atoms with Crippen molar-refractivity contribution in [2.45, 2.75) is 31.7 Å². The number of methoxy groups -OCH3 is 2. The molecule has 198 valence electrons. The minimum atomic E-state index is -0.338. The summed E-state index contributed by atoms with van der Waals surface area (Å²) in [6.07, 6.45) is 3.52. The van der Waals surface area contributed by atoms with Crippen LogP contribution in [-0.4, -0.2) is 55.2 Å². The largest absolute Gasteiger partial charge is 0.504 e. The maximum absolute atomic E-state index is 13.0. The second kappa shape index (κ2) is 10.7. The van der Waals surface area contributed by atoms with Crippen molar-refractivity contribution in [3.05, 3.63) is 77.9 Å². The first kappa shape index (κ1) is 25.4. The van der Waals surface area contributed by atoms with E-state index in [4.69, 9.17) is 14.2 Å². The minimum absolute atomic E-state index is 0.0162. The van der Waals surface area contributed by atoms with Crippen molar-refractivity contribution in [3.8, 4) is 28.7 Å². The molecule has 1 heterocycles. The summed E-state index contributed by atoms with van der Waals surface area (Å²) in [6.45, 7) is 1.45. The molecule has 2 N–H and O–H groups in total. The van der Waals surface area contributed by atoms with E-state index in [2.05, 4.69) is 5.32 Å². The lowest BCUT2D eigenvalue weighted by molar-refractivity contribution is -0.0198. The van der Waals surface area contributed by atoms with Gasteiger partial charge in [0.05, 0.1) is 19.8 Å². The molecule has 38 heavy (non-hydrogen) atoms. The molecule has 0 radical (unpaired) electrons. The number of phenolic OH excluding ortho intramolecular Hbond substituents is 1. The van der Waals surface area contributed by atoms with E-state index >= 15 is 0 Å². The van der Waals surface area contributed by atoms with Gasteiger partial charge in [-0.05, 0) is 74.2 Å². The zero-order chi connectivity index (χ0) is 26.7. The molecule has 2 amide bonds. The van der Waals surface area contributed by atoms with E-state index in [1.165, 1.54) is 20.3 Å². The fourth-order valence-corrected chi connectivity index (χ4v) is 5.43. The lowest BCUT2D eigenvalue weighted by atomic mass is 9.67. The monoisotopic (exact) mass is 516 g/mol. The number of amides is 2. The summed E-state index contributed by atoms with van der Waals surface area (Å²) in [5.74, 6) is 1.40. The number of phenols is 1. The Kier molecular flexibility index (Phi) is 7.13. The van der Waals surface area contributed by atoms with E-state index < -0.39 is 0 Å². The summed E-state index contributed by atoms with van der Waals surface area (Å²) in [7, 11) is 2.89. The van der Waals surface area contributed by atoms with Gasteiger partial charge in [-0.3, -0.25) is 9.59 Å². The van der Waals surface area contributed by atoms with Crippen LogP contribution in [0.4, 0.5) is 0 Å². The highest BCUT2D eigenvalue weighted by Crippen LogP contribution is 2.45. The number of rotatable bonds is 7. The first-order valence-electron chi connectivity index (χ1n) is 12.8. The van der Waals surface area contributed by atoms with Crippen LogP contribution in [0.1, 0.15) is 46.4 Å². The fourth-order valence-electron chi connectivity index (χ4n) is 5.43. The highest BCUT2D eigenvalue weighted by molar-refractivity contribution is 5.98. The zero-order valence-electron chi connectivity index (χ0n) is 21.6. The maximum Gasteiger partial charge on any atom is 0.255 e. The second-order valence-electron chi connectivity index (χ2n) is 10.0. The molecule has 1 saturated heterocycles. The maximum atomic E-state index is 13.0. The Morgan fingerprint density at radius 1 is 0.895 bits per heavy atom. The van der Waals surface area contributed by atoms with Gasteiger partial charge in [0.2, 0.25) is 5.75 Å². The number of likely N-dealkylation sites (tertiary alicyclic amines) is 1. The minimum Gasteiger partial charge on any atom is -0.504 e. The molecule has 2 fully saturated rings. The molecule has 8 nitrogen and oxygen atoms in total. The third-order valence-electron chi connectivity index (χ3n) is 7.57. The first-order valence-corrected chi connectivity index (χ1v) is 12.8. The number of aromatic hydroxyl groups is 1. The molecule has 1 spiro atoms. The van der Waals surface area contributed by atoms with Crippen LogP contribution in [0.15, 0.2) is 66.7 Å². The van der Waals surface area contributed by atoms with E-state index in [-0.39, 0.29) is 40.3 Å². The zero-order valence-corrected chi connectivity index (χ0v) is 21.6. The number of nitrogens with one attached hydrogen (secondary N) is 1. The molecule has 0 unspecified atom stereocenters. The molecule has 2 aliphatic rings. The number of nitrogens with zero attached hydrogens (tertiary/aromatic N) is 1. The lowest BCUT2D eigenvalue weighted by Crippen LogP contribution is -2.60. The third kappa shape index (κ3) is 5.11. The summed E-state index contributed by atoms with van der Waals surface area (Å²) in [4.78, 5) is 27.7. The SMILES string of the molecule is COc1ccc(C(=O)NC2CCC3(CC2)CN(C(=O)c2ccc(Oc4ccccc4)cc2)C3)c(O)c1OC. The number of ether oxygens (including phenoxy) is 3. The molecule has 8 heteroatoms. The highest BCUT2D eigenvalue weighted by Gasteiger charge is 2.47. The summed E-state index contributed by atoms with van der Waals surface area (Å²) in [6, 6.07) is 19.9. The molecule has 1 aliphatic carbocycles. The van der Waals surface area contributed by atoms with E-state index in [1.54, 1.807) is 6.07 Å². The van der Waals surface area contributed by atoms with Gasteiger partial charge < -0.3 is 29.5 Å². The Labute approximate surface area is 222 Å². The van der Waals surface area contributed by atoms with Gasteiger partial charge >= 0.3 is 0 Å². The van der Waals surface area contributed by atoms with Gasteiger partial charge in [0.1, 0.15) is 11.5 Å². The van der Waals surface area contributed by atoms with Gasteiger partial charge in [-0.15, -0.1) is 0 Å². The van der Waals surface area contributed by atoms with Crippen molar-refractivity contribution >= 4 is 11.8 Å². The van der Waals surface area contributed by atoms with Crippen LogP contribution >= 0.6 is 0 Å². The molecular weight excluding hydrogens is 484 g/mol. The molecule has 1 aliphatic heterocycles. The van der Waals surface area contributed by atoms with Gasteiger partial charge in [-0.1, -0.05) is 18.2 Å². The Hall–Kier alpha value is -4.20. The fraction of sp³-hybridized carbons (Fsp3) is 0.333. The standard InChI is InChI=1S/C30H32N2O6/c1-36-25-13-12-24(26(33)27(25)37-2)28(34)31-21-14-16-30(17-15-21)18-32(19-30)29(35)20-8-10-23(11-9-20)38-22-6-4-3-5-7-22/h3-13,21,33H,14-19H2,1-2H3,(H,31,34). The van der Waals surface area contributed by atoms with Crippen molar-refractivity contribution in [2.24, 2.45) is 5.41 Å². The van der Waals surface area contributed by atoms with Gasteiger partial charge in [0, 0.05) is 30.1 Å². The molecule has 0 atom stereocenters. The van der Waals surface area contributed by atoms with Crippen molar-refractivity contribution in [1.29, 1.82) is 0 Å². The molecule has 5 rings (SSSR count). The van der Waals surface area contributed by atoms with Crippen LogP contribution in [0, 0.1) is 5.41 Å². The average Bonchev–Trinajstić information content (AvgIpc) is 2.92. The van der Waals surface area contributed by atoms with Gasteiger partial charge in [-0.2, -0.15) is 0 Å².